The minimum Gasteiger partial charge on any atom is -0.356 e. The molecule has 5 rings (SSSR count). The number of carbonyl (C=O) groups is 1. The minimum atomic E-state index is 0.388. The van der Waals surface area contributed by atoms with Crippen molar-refractivity contribution in [3.05, 3.63) is 12.5 Å². The van der Waals surface area contributed by atoms with Crippen LogP contribution in [0.1, 0.15) is 38.5 Å². The van der Waals surface area contributed by atoms with Crippen molar-refractivity contribution in [2.75, 3.05) is 31.1 Å². The van der Waals surface area contributed by atoms with Crippen LogP contribution in [0.15, 0.2) is 12.5 Å². The van der Waals surface area contributed by atoms with E-state index in [1.165, 1.54) is 19.3 Å². The van der Waals surface area contributed by atoms with Gasteiger partial charge >= 0.3 is 0 Å². The van der Waals surface area contributed by atoms with Crippen molar-refractivity contribution < 1.29 is 4.79 Å². The zero-order valence-electron chi connectivity index (χ0n) is 16.0. The van der Waals surface area contributed by atoms with E-state index in [1.807, 2.05) is 13.2 Å². The first kappa shape index (κ1) is 17.0. The van der Waals surface area contributed by atoms with Crippen LogP contribution in [0.25, 0.3) is 11.0 Å². The van der Waals surface area contributed by atoms with Crippen molar-refractivity contribution in [1.29, 1.82) is 0 Å². The Bertz CT molecular complexity index is 828. The number of fused-ring (bicyclic) bond motifs is 2. The number of aryl methyl sites for hydroxylation is 1. The highest BCUT2D eigenvalue weighted by Gasteiger charge is 2.38. The van der Waals surface area contributed by atoms with Gasteiger partial charge in [0.1, 0.15) is 12.1 Å². The van der Waals surface area contributed by atoms with Gasteiger partial charge in [-0.05, 0) is 43.4 Å². The molecule has 7 nitrogen and oxygen atoms in total. The molecule has 4 heterocycles. The van der Waals surface area contributed by atoms with Crippen LogP contribution in [0.4, 0.5) is 5.82 Å². The lowest BCUT2D eigenvalue weighted by atomic mass is 9.93. The van der Waals surface area contributed by atoms with Gasteiger partial charge in [0.15, 0.2) is 5.65 Å². The lowest BCUT2D eigenvalue weighted by Gasteiger charge is -2.33. The second-order valence-corrected chi connectivity index (χ2v) is 8.59. The van der Waals surface area contributed by atoms with Crippen LogP contribution in [0.3, 0.4) is 0 Å². The number of carbonyl (C=O) groups excluding carboxylic acids is 1. The van der Waals surface area contributed by atoms with E-state index in [0.717, 1.165) is 74.1 Å². The maximum absolute atomic E-state index is 12.8. The molecule has 2 aromatic rings. The topological polar surface area (TPSA) is 67.2 Å². The van der Waals surface area contributed by atoms with E-state index in [0.29, 0.717) is 11.8 Å². The third-order valence-electron chi connectivity index (χ3n) is 6.96. The molecule has 3 fully saturated rings. The van der Waals surface area contributed by atoms with E-state index in [1.54, 1.807) is 11.0 Å². The van der Waals surface area contributed by atoms with Gasteiger partial charge in [0, 0.05) is 39.6 Å². The summed E-state index contributed by atoms with van der Waals surface area (Å²) in [4.78, 5) is 26.1. The Morgan fingerprint density at radius 1 is 1.11 bits per heavy atom. The summed E-state index contributed by atoms with van der Waals surface area (Å²) in [5.41, 5.74) is 0.872. The van der Waals surface area contributed by atoms with Crippen molar-refractivity contribution in [3.8, 4) is 0 Å². The Labute approximate surface area is 159 Å². The molecule has 2 atom stereocenters. The number of likely N-dealkylation sites (tertiary alicyclic amines) is 1. The van der Waals surface area contributed by atoms with Crippen LogP contribution >= 0.6 is 0 Å². The number of rotatable bonds is 3. The molecule has 1 aliphatic carbocycles. The predicted molar refractivity (Wildman–Crippen MR) is 103 cm³/mol. The Morgan fingerprint density at radius 3 is 2.59 bits per heavy atom. The summed E-state index contributed by atoms with van der Waals surface area (Å²) in [6.07, 6.45) is 10.3. The summed E-state index contributed by atoms with van der Waals surface area (Å²) in [6.45, 7) is 3.93. The highest BCUT2D eigenvalue weighted by Crippen LogP contribution is 2.38. The number of amides is 1. The molecule has 0 radical (unpaired) electrons. The highest BCUT2D eigenvalue weighted by atomic mass is 16.2. The lowest BCUT2D eigenvalue weighted by Crippen LogP contribution is -2.37. The van der Waals surface area contributed by atoms with Crippen molar-refractivity contribution in [1.82, 2.24) is 24.6 Å². The van der Waals surface area contributed by atoms with Crippen LogP contribution in [0.5, 0.6) is 0 Å². The van der Waals surface area contributed by atoms with Gasteiger partial charge in [-0.25, -0.2) is 9.97 Å². The number of hydrogen-bond acceptors (Lipinski definition) is 5. The van der Waals surface area contributed by atoms with Gasteiger partial charge < -0.3 is 9.80 Å². The summed E-state index contributed by atoms with van der Waals surface area (Å²) in [7, 11) is 1.91. The van der Waals surface area contributed by atoms with Crippen molar-refractivity contribution >= 4 is 22.8 Å². The largest absolute Gasteiger partial charge is 0.356 e. The van der Waals surface area contributed by atoms with E-state index < -0.39 is 0 Å². The van der Waals surface area contributed by atoms with Gasteiger partial charge in [0.2, 0.25) is 5.91 Å². The zero-order valence-corrected chi connectivity index (χ0v) is 16.0. The smallest absolute Gasteiger partial charge is 0.222 e. The fourth-order valence-corrected chi connectivity index (χ4v) is 5.37. The predicted octanol–water partition coefficient (Wildman–Crippen LogP) is 2.23. The fraction of sp³-hybridized carbons (Fsp3) is 0.700. The SMILES string of the molecule is Cn1ncc2c(N3CCC(CC(=O)N4CC5CCCC5C4)CC3)ncnc21. The minimum absolute atomic E-state index is 0.388. The Balaban J connectivity index is 1.19. The van der Waals surface area contributed by atoms with Gasteiger partial charge in [-0.1, -0.05) is 6.42 Å². The number of piperidine rings is 1. The molecule has 7 heteroatoms. The van der Waals surface area contributed by atoms with Crippen LogP contribution < -0.4 is 4.90 Å². The van der Waals surface area contributed by atoms with Crippen LogP contribution in [0, 0.1) is 17.8 Å². The first-order valence-corrected chi connectivity index (χ1v) is 10.3. The molecule has 0 spiro atoms. The van der Waals surface area contributed by atoms with E-state index >= 15 is 0 Å². The third-order valence-corrected chi connectivity index (χ3v) is 6.96. The summed E-state index contributed by atoms with van der Waals surface area (Å²) < 4.78 is 1.79. The quantitative estimate of drug-likeness (QED) is 0.831. The molecular weight excluding hydrogens is 340 g/mol. The van der Waals surface area contributed by atoms with E-state index in [4.69, 9.17) is 0 Å². The van der Waals surface area contributed by atoms with Gasteiger partial charge in [0.25, 0.3) is 0 Å². The number of nitrogens with zero attached hydrogens (tertiary/aromatic N) is 6. The molecule has 2 saturated heterocycles. The van der Waals surface area contributed by atoms with Crippen molar-refractivity contribution in [3.63, 3.8) is 0 Å². The van der Waals surface area contributed by atoms with Crippen molar-refractivity contribution in [2.45, 2.75) is 38.5 Å². The number of anilines is 1. The van der Waals surface area contributed by atoms with Gasteiger partial charge in [-0.3, -0.25) is 9.48 Å². The Hall–Kier alpha value is -2.18. The first-order chi connectivity index (χ1) is 13.2. The van der Waals surface area contributed by atoms with E-state index in [-0.39, 0.29) is 0 Å². The molecule has 1 amide bonds. The van der Waals surface area contributed by atoms with Gasteiger partial charge in [0.05, 0.1) is 11.6 Å². The zero-order chi connectivity index (χ0) is 18.4. The summed E-state index contributed by atoms with van der Waals surface area (Å²) in [6, 6.07) is 0. The molecule has 2 aromatic heterocycles. The second kappa shape index (κ2) is 6.77. The molecule has 144 valence electrons. The maximum atomic E-state index is 12.8. The molecular formula is C20H28N6O. The maximum Gasteiger partial charge on any atom is 0.222 e. The average Bonchev–Trinajstić information content (AvgIpc) is 3.37. The van der Waals surface area contributed by atoms with Gasteiger partial charge in [-0.2, -0.15) is 5.10 Å². The highest BCUT2D eigenvalue weighted by molar-refractivity contribution is 5.86. The molecule has 2 aliphatic heterocycles. The molecule has 1 saturated carbocycles. The fourth-order valence-electron chi connectivity index (χ4n) is 5.37. The van der Waals surface area contributed by atoms with Crippen LogP contribution in [-0.2, 0) is 11.8 Å². The first-order valence-electron chi connectivity index (χ1n) is 10.3. The molecule has 0 bridgehead atoms. The summed E-state index contributed by atoms with van der Waals surface area (Å²) >= 11 is 0. The second-order valence-electron chi connectivity index (χ2n) is 8.59. The molecule has 2 unspecified atom stereocenters. The average molecular weight is 368 g/mol. The standard InChI is InChI=1S/C20H28N6O/c1-24-19-17(10-23-24)20(22-13-21-19)25-7-5-14(6-8-25)9-18(27)26-11-15-3-2-4-16(15)12-26/h10,13-16H,2-9,11-12H2,1H3. The molecule has 3 aliphatic rings. The molecule has 0 N–H and O–H groups in total. The molecule has 0 aromatic carbocycles. The normalized spacial score (nSPS) is 26.1. The monoisotopic (exact) mass is 368 g/mol. The number of hydrogen-bond donors (Lipinski definition) is 0. The summed E-state index contributed by atoms with van der Waals surface area (Å²) in [5, 5.41) is 5.32. The third kappa shape index (κ3) is 3.07. The van der Waals surface area contributed by atoms with Crippen molar-refractivity contribution in [2.24, 2.45) is 24.8 Å². The van der Waals surface area contributed by atoms with Gasteiger partial charge in [-0.15, -0.1) is 0 Å². The van der Waals surface area contributed by atoms with E-state index in [9.17, 15) is 4.79 Å². The summed E-state index contributed by atoms with van der Waals surface area (Å²) in [5.74, 6) is 3.44. The van der Waals surface area contributed by atoms with Crippen LogP contribution in [0.2, 0.25) is 0 Å². The number of aromatic nitrogens is 4. The van der Waals surface area contributed by atoms with E-state index in [2.05, 4.69) is 24.9 Å². The van der Waals surface area contributed by atoms with Crippen LogP contribution in [-0.4, -0.2) is 56.7 Å². The lowest BCUT2D eigenvalue weighted by molar-refractivity contribution is -0.131. The Morgan fingerprint density at radius 2 is 1.85 bits per heavy atom. The molecule has 27 heavy (non-hydrogen) atoms. The Kier molecular flexibility index (Phi) is 4.25.